The first-order chi connectivity index (χ1) is 14.0. The van der Waals surface area contributed by atoms with Gasteiger partial charge in [-0.15, -0.1) is 0 Å². The molecule has 0 saturated heterocycles. The number of ketones is 1. The van der Waals surface area contributed by atoms with Crippen molar-refractivity contribution in [1.29, 1.82) is 0 Å². The molecule has 1 saturated carbocycles. The van der Waals surface area contributed by atoms with Crippen molar-refractivity contribution in [2.45, 2.75) is 26.4 Å². The molecule has 29 heavy (non-hydrogen) atoms. The summed E-state index contributed by atoms with van der Waals surface area (Å²) in [5.74, 6) is 1.05. The Balaban J connectivity index is 1.48. The summed E-state index contributed by atoms with van der Waals surface area (Å²) in [5.41, 5.74) is 2.60. The molecule has 1 aliphatic carbocycles. The van der Waals surface area contributed by atoms with E-state index in [1.807, 2.05) is 0 Å². The number of aryl methyl sites for hydroxylation is 1. The highest BCUT2D eigenvalue weighted by Gasteiger charge is 2.34. The minimum Gasteiger partial charge on any atom is -0.467 e. The van der Waals surface area contributed by atoms with Gasteiger partial charge < -0.3 is 18.9 Å². The predicted octanol–water partition coefficient (Wildman–Crippen LogP) is 4.45. The van der Waals surface area contributed by atoms with Crippen LogP contribution in [-0.2, 0) is 16.1 Å². The topological polar surface area (TPSA) is 71.1 Å². The predicted molar refractivity (Wildman–Crippen MR) is 104 cm³/mol. The van der Waals surface area contributed by atoms with E-state index >= 15 is 0 Å². The number of benzene rings is 2. The van der Waals surface area contributed by atoms with Gasteiger partial charge in [-0.05, 0) is 49.6 Å². The molecule has 2 aromatic carbocycles. The second kappa shape index (κ2) is 6.90. The maximum atomic E-state index is 12.9. The maximum absolute atomic E-state index is 12.9. The van der Waals surface area contributed by atoms with Crippen molar-refractivity contribution in [3.63, 3.8) is 0 Å². The molecule has 2 heterocycles. The molecular weight excluding hydrogens is 396 g/mol. The second-order valence-corrected chi connectivity index (χ2v) is 7.78. The Morgan fingerprint density at radius 2 is 2.07 bits per heavy atom. The van der Waals surface area contributed by atoms with Gasteiger partial charge in [-0.25, -0.2) is 0 Å². The maximum Gasteiger partial charge on any atom is 0.314 e. The van der Waals surface area contributed by atoms with Gasteiger partial charge in [0, 0.05) is 22.2 Å². The van der Waals surface area contributed by atoms with Gasteiger partial charge >= 0.3 is 5.97 Å². The molecule has 0 aromatic heterocycles. The van der Waals surface area contributed by atoms with E-state index in [0.717, 1.165) is 18.4 Å². The van der Waals surface area contributed by atoms with Crippen LogP contribution in [0, 0.1) is 12.8 Å². The van der Waals surface area contributed by atoms with Crippen molar-refractivity contribution in [1.82, 2.24) is 0 Å². The Morgan fingerprint density at radius 3 is 2.86 bits per heavy atom. The lowest BCUT2D eigenvalue weighted by Crippen LogP contribution is -2.12. The van der Waals surface area contributed by atoms with E-state index < -0.39 is 0 Å². The normalized spacial score (nSPS) is 18.7. The van der Waals surface area contributed by atoms with Crippen molar-refractivity contribution >= 4 is 29.4 Å². The number of Topliss-reactive ketones (excluding diaryl/α,β-unsaturated/α-hetero) is 1. The standard InChI is InChI=1S/C22H17ClO6/c1-11-4-16(28-22(25)12-2-3-12)8-17-19(11)20(24)18(29-17)7-13-5-15(23)6-14-9-26-10-27-21(13)14/h4-8,12H,2-3,9-10H2,1H3/b18-7-. The average molecular weight is 413 g/mol. The molecule has 2 aliphatic heterocycles. The lowest BCUT2D eigenvalue weighted by atomic mass is 10.0. The molecule has 3 aliphatic rings. The van der Waals surface area contributed by atoms with E-state index in [0.29, 0.717) is 45.6 Å². The Hall–Kier alpha value is -2.83. The molecule has 5 rings (SSSR count). The first kappa shape index (κ1) is 18.2. The molecule has 0 spiro atoms. The van der Waals surface area contributed by atoms with Crippen LogP contribution in [0.2, 0.25) is 5.02 Å². The number of carbonyl (C=O) groups excluding carboxylic acids is 2. The van der Waals surface area contributed by atoms with Gasteiger partial charge in [0.25, 0.3) is 0 Å². The second-order valence-electron chi connectivity index (χ2n) is 7.34. The van der Waals surface area contributed by atoms with Crippen LogP contribution in [0.4, 0.5) is 0 Å². The van der Waals surface area contributed by atoms with Crippen LogP contribution in [0.3, 0.4) is 0 Å². The Labute approximate surface area is 172 Å². The summed E-state index contributed by atoms with van der Waals surface area (Å²) >= 11 is 6.20. The number of hydrogen-bond donors (Lipinski definition) is 0. The van der Waals surface area contributed by atoms with Crippen LogP contribution in [0.1, 0.15) is 39.9 Å². The molecule has 0 unspecified atom stereocenters. The minimum atomic E-state index is -0.241. The molecule has 6 nitrogen and oxygen atoms in total. The van der Waals surface area contributed by atoms with Crippen LogP contribution in [0.15, 0.2) is 30.0 Å². The van der Waals surface area contributed by atoms with Gasteiger partial charge in [0.15, 0.2) is 12.6 Å². The average Bonchev–Trinajstić information content (AvgIpc) is 3.47. The molecule has 2 aromatic rings. The van der Waals surface area contributed by atoms with Crippen molar-refractivity contribution in [2.24, 2.45) is 5.92 Å². The smallest absolute Gasteiger partial charge is 0.314 e. The zero-order chi connectivity index (χ0) is 20.1. The van der Waals surface area contributed by atoms with Crippen molar-refractivity contribution in [2.75, 3.05) is 6.79 Å². The van der Waals surface area contributed by atoms with Crippen LogP contribution in [0.5, 0.6) is 17.2 Å². The van der Waals surface area contributed by atoms with Gasteiger partial charge in [0.2, 0.25) is 5.78 Å². The molecular formula is C22H17ClO6. The SMILES string of the molecule is Cc1cc(OC(=O)C2CC2)cc2c1C(=O)/C(=C/c1cc(Cl)cc3c1OCOC3)O2. The molecule has 0 amide bonds. The molecule has 0 atom stereocenters. The van der Waals surface area contributed by atoms with Crippen molar-refractivity contribution in [3.8, 4) is 17.2 Å². The fourth-order valence-electron chi connectivity index (χ4n) is 3.51. The highest BCUT2D eigenvalue weighted by atomic mass is 35.5. The van der Waals surface area contributed by atoms with Gasteiger partial charge in [-0.2, -0.15) is 0 Å². The molecule has 1 fully saturated rings. The van der Waals surface area contributed by atoms with E-state index in [2.05, 4.69) is 0 Å². The molecule has 7 heteroatoms. The zero-order valence-electron chi connectivity index (χ0n) is 15.6. The Kier molecular flexibility index (Phi) is 4.33. The summed E-state index contributed by atoms with van der Waals surface area (Å²) in [4.78, 5) is 24.9. The van der Waals surface area contributed by atoms with Crippen LogP contribution in [-0.4, -0.2) is 18.5 Å². The number of hydrogen-bond acceptors (Lipinski definition) is 6. The number of carbonyl (C=O) groups is 2. The number of esters is 1. The number of halogens is 1. The molecule has 148 valence electrons. The largest absolute Gasteiger partial charge is 0.467 e. The summed E-state index contributed by atoms with van der Waals surface area (Å²) in [5, 5.41) is 0.512. The lowest BCUT2D eigenvalue weighted by molar-refractivity contribution is -0.135. The summed E-state index contributed by atoms with van der Waals surface area (Å²) in [6.07, 6.45) is 3.34. The van der Waals surface area contributed by atoms with Gasteiger partial charge in [0.1, 0.15) is 17.2 Å². The number of ether oxygens (including phenoxy) is 4. The molecule has 0 bridgehead atoms. The number of fused-ring (bicyclic) bond motifs is 2. The summed E-state index contributed by atoms with van der Waals surface area (Å²) in [6.45, 7) is 2.31. The molecule has 0 N–H and O–H groups in total. The highest BCUT2D eigenvalue weighted by molar-refractivity contribution is 6.31. The summed E-state index contributed by atoms with van der Waals surface area (Å²) < 4.78 is 22.1. The van der Waals surface area contributed by atoms with Crippen LogP contribution in [0.25, 0.3) is 6.08 Å². The van der Waals surface area contributed by atoms with Gasteiger partial charge in [0.05, 0.1) is 18.1 Å². The third-order valence-electron chi connectivity index (χ3n) is 5.06. The number of allylic oxidation sites excluding steroid dienone is 1. The van der Waals surface area contributed by atoms with E-state index in [-0.39, 0.29) is 30.2 Å². The van der Waals surface area contributed by atoms with E-state index in [1.54, 1.807) is 37.3 Å². The van der Waals surface area contributed by atoms with Crippen molar-refractivity contribution < 1.29 is 28.5 Å². The Morgan fingerprint density at radius 1 is 1.24 bits per heavy atom. The fourth-order valence-corrected chi connectivity index (χ4v) is 3.76. The summed E-state index contributed by atoms with van der Waals surface area (Å²) in [6, 6.07) is 6.76. The van der Waals surface area contributed by atoms with Gasteiger partial charge in [-0.3, -0.25) is 9.59 Å². The van der Waals surface area contributed by atoms with Crippen molar-refractivity contribution in [3.05, 3.63) is 57.3 Å². The third-order valence-corrected chi connectivity index (χ3v) is 5.28. The third kappa shape index (κ3) is 3.39. The van der Waals surface area contributed by atoms with Gasteiger partial charge in [-0.1, -0.05) is 11.6 Å². The highest BCUT2D eigenvalue weighted by Crippen LogP contribution is 2.40. The fraction of sp³-hybridized carbons (Fsp3) is 0.273. The van der Waals surface area contributed by atoms with E-state index in [4.69, 9.17) is 30.5 Å². The quantitative estimate of drug-likeness (QED) is 0.421. The van der Waals surface area contributed by atoms with E-state index in [1.165, 1.54) is 0 Å². The first-order valence-electron chi connectivity index (χ1n) is 9.33. The van der Waals surface area contributed by atoms with Crippen LogP contribution >= 0.6 is 11.6 Å². The first-order valence-corrected chi connectivity index (χ1v) is 9.71. The monoisotopic (exact) mass is 412 g/mol. The minimum absolute atomic E-state index is 0.0143. The number of rotatable bonds is 3. The summed E-state index contributed by atoms with van der Waals surface area (Å²) in [7, 11) is 0. The van der Waals surface area contributed by atoms with E-state index in [9.17, 15) is 9.59 Å². The Bertz CT molecular complexity index is 1080. The van der Waals surface area contributed by atoms with Crippen LogP contribution < -0.4 is 14.2 Å². The lowest BCUT2D eigenvalue weighted by Gasteiger charge is -2.20. The zero-order valence-corrected chi connectivity index (χ0v) is 16.4. The molecule has 0 radical (unpaired) electrons.